The molecule has 98 valence electrons. The van der Waals surface area contributed by atoms with Crippen molar-refractivity contribution in [1.29, 1.82) is 0 Å². The van der Waals surface area contributed by atoms with Crippen LogP contribution in [-0.4, -0.2) is 29.2 Å². The Balaban J connectivity index is 1.72. The van der Waals surface area contributed by atoms with Gasteiger partial charge >= 0.3 is 0 Å². The quantitative estimate of drug-likeness (QED) is 0.873. The SMILES string of the molecule is OC1CCC2CN(Cc3c(F)cccc3F)CC12. The molecule has 2 aliphatic rings. The Kier molecular flexibility index (Phi) is 3.08. The Labute approximate surface area is 105 Å². The second-order valence-corrected chi connectivity index (χ2v) is 5.46. The lowest BCUT2D eigenvalue weighted by molar-refractivity contribution is 0.123. The number of benzene rings is 1. The van der Waals surface area contributed by atoms with Gasteiger partial charge in [-0.2, -0.15) is 0 Å². The molecule has 1 aromatic carbocycles. The number of hydrogen-bond acceptors (Lipinski definition) is 2. The summed E-state index contributed by atoms with van der Waals surface area (Å²) in [6.07, 6.45) is 1.67. The molecule has 2 nitrogen and oxygen atoms in total. The molecule has 1 heterocycles. The smallest absolute Gasteiger partial charge is 0.130 e. The molecule has 0 aromatic heterocycles. The van der Waals surface area contributed by atoms with Gasteiger partial charge < -0.3 is 5.11 Å². The minimum Gasteiger partial charge on any atom is -0.393 e. The molecular weight excluding hydrogens is 236 g/mol. The minimum atomic E-state index is -0.479. The zero-order valence-electron chi connectivity index (χ0n) is 10.1. The van der Waals surface area contributed by atoms with Crippen LogP contribution >= 0.6 is 0 Å². The molecule has 1 saturated carbocycles. The van der Waals surface area contributed by atoms with Gasteiger partial charge in [-0.3, -0.25) is 4.90 Å². The summed E-state index contributed by atoms with van der Waals surface area (Å²) in [5.41, 5.74) is 0.145. The van der Waals surface area contributed by atoms with Crippen LogP contribution in [0, 0.1) is 23.5 Å². The second kappa shape index (κ2) is 4.59. The van der Waals surface area contributed by atoms with E-state index in [4.69, 9.17) is 0 Å². The van der Waals surface area contributed by atoms with Crippen LogP contribution < -0.4 is 0 Å². The zero-order valence-corrected chi connectivity index (χ0v) is 10.1. The molecule has 1 saturated heterocycles. The lowest BCUT2D eigenvalue weighted by Gasteiger charge is -2.18. The first kappa shape index (κ1) is 12.1. The monoisotopic (exact) mass is 253 g/mol. The van der Waals surface area contributed by atoms with Gasteiger partial charge in [0.15, 0.2) is 0 Å². The van der Waals surface area contributed by atoms with Gasteiger partial charge in [0.25, 0.3) is 0 Å². The van der Waals surface area contributed by atoms with Crippen LogP contribution in [0.4, 0.5) is 8.78 Å². The third kappa shape index (κ3) is 2.04. The third-order valence-corrected chi connectivity index (χ3v) is 4.34. The highest BCUT2D eigenvalue weighted by Gasteiger charge is 2.41. The highest BCUT2D eigenvalue weighted by atomic mass is 19.1. The van der Waals surface area contributed by atoms with Crippen LogP contribution in [0.25, 0.3) is 0 Å². The number of fused-ring (bicyclic) bond motifs is 1. The van der Waals surface area contributed by atoms with Gasteiger partial charge in [0.1, 0.15) is 11.6 Å². The fraction of sp³-hybridized carbons (Fsp3) is 0.571. The van der Waals surface area contributed by atoms with E-state index in [2.05, 4.69) is 4.90 Å². The molecule has 3 unspecified atom stereocenters. The third-order valence-electron chi connectivity index (χ3n) is 4.34. The molecular formula is C14H17F2NO. The van der Waals surface area contributed by atoms with Crippen LogP contribution in [0.1, 0.15) is 18.4 Å². The molecule has 0 spiro atoms. The van der Waals surface area contributed by atoms with E-state index >= 15 is 0 Å². The summed E-state index contributed by atoms with van der Waals surface area (Å²) < 4.78 is 27.1. The number of nitrogens with zero attached hydrogens (tertiary/aromatic N) is 1. The summed E-state index contributed by atoms with van der Waals surface area (Å²) in [5, 5.41) is 9.82. The van der Waals surface area contributed by atoms with Crippen molar-refractivity contribution >= 4 is 0 Å². The summed E-state index contributed by atoms with van der Waals surface area (Å²) >= 11 is 0. The van der Waals surface area contributed by atoms with Gasteiger partial charge in [0, 0.05) is 31.1 Å². The van der Waals surface area contributed by atoms with E-state index in [1.54, 1.807) is 0 Å². The molecule has 0 radical (unpaired) electrons. The fourth-order valence-corrected chi connectivity index (χ4v) is 3.37. The number of halogens is 2. The molecule has 1 aliphatic heterocycles. The summed E-state index contributed by atoms with van der Waals surface area (Å²) in [4.78, 5) is 2.05. The minimum absolute atomic E-state index is 0.145. The van der Waals surface area contributed by atoms with Gasteiger partial charge in [-0.05, 0) is 30.9 Å². The van der Waals surface area contributed by atoms with E-state index in [1.165, 1.54) is 18.2 Å². The average molecular weight is 253 g/mol. The van der Waals surface area contributed by atoms with Gasteiger partial charge in [-0.15, -0.1) is 0 Å². The van der Waals surface area contributed by atoms with E-state index < -0.39 is 11.6 Å². The highest BCUT2D eigenvalue weighted by molar-refractivity contribution is 5.19. The largest absolute Gasteiger partial charge is 0.393 e. The Morgan fingerprint density at radius 1 is 1.17 bits per heavy atom. The molecule has 0 bridgehead atoms. The Bertz CT molecular complexity index is 431. The summed E-state index contributed by atoms with van der Waals surface area (Å²) in [7, 11) is 0. The lowest BCUT2D eigenvalue weighted by atomic mass is 10.00. The number of rotatable bonds is 2. The Morgan fingerprint density at radius 2 is 1.89 bits per heavy atom. The molecule has 18 heavy (non-hydrogen) atoms. The van der Waals surface area contributed by atoms with Crippen molar-refractivity contribution in [3.63, 3.8) is 0 Å². The predicted molar refractivity (Wildman–Crippen MR) is 63.9 cm³/mol. The van der Waals surface area contributed by atoms with Crippen molar-refractivity contribution in [2.45, 2.75) is 25.5 Å². The number of aliphatic hydroxyl groups excluding tert-OH is 1. The average Bonchev–Trinajstić information content (AvgIpc) is 2.87. The van der Waals surface area contributed by atoms with E-state index in [0.29, 0.717) is 18.4 Å². The van der Waals surface area contributed by atoms with Crippen LogP contribution in [0.5, 0.6) is 0 Å². The Hall–Kier alpha value is -1.00. The highest BCUT2D eigenvalue weighted by Crippen LogP contribution is 2.38. The van der Waals surface area contributed by atoms with E-state index in [-0.39, 0.29) is 11.7 Å². The van der Waals surface area contributed by atoms with Crippen LogP contribution in [-0.2, 0) is 6.54 Å². The standard InChI is InChI=1S/C14H17F2NO/c15-12-2-1-3-13(16)11(12)8-17-6-9-4-5-14(18)10(9)7-17/h1-3,9-10,14,18H,4-8H2. The first-order chi connectivity index (χ1) is 8.65. The van der Waals surface area contributed by atoms with Gasteiger partial charge in [-0.25, -0.2) is 8.78 Å². The topological polar surface area (TPSA) is 23.5 Å². The van der Waals surface area contributed by atoms with Gasteiger partial charge in [0.05, 0.1) is 6.10 Å². The van der Waals surface area contributed by atoms with E-state index in [0.717, 1.165) is 25.9 Å². The van der Waals surface area contributed by atoms with Gasteiger partial charge in [0.2, 0.25) is 0 Å². The predicted octanol–water partition coefficient (Wildman–Crippen LogP) is 2.17. The maximum absolute atomic E-state index is 13.6. The van der Waals surface area contributed by atoms with Crippen LogP contribution in [0.15, 0.2) is 18.2 Å². The first-order valence-corrected chi connectivity index (χ1v) is 6.48. The maximum Gasteiger partial charge on any atom is 0.130 e. The van der Waals surface area contributed by atoms with Crippen molar-refractivity contribution in [2.24, 2.45) is 11.8 Å². The van der Waals surface area contributed by atoms with Crippen molar-refractivity contribution in [2.75, 3.05) is 13.1 Å². The number of likely N-dealkylation sites (tertiary alicyclic amines) is 1. The molecule has 3 rings (SSSR count). The molecule has 2 fully saturated rings. The Morgan fingerprint density at radius 3 is 2.56 bits per heavy atom. The number of hydrogen-bond donors (Lipinski definition) is 1. The second-order valence-electron chi connectivity index (χ2n) is 5.46. The van der Waals surface area contributed by atoms with Crippen LogP contribution in [0.3, 0.4) is 0 Å². The van der Waals surface area contributed by atoms with Crippen LogP contribution in [0.2, 0.25) is 0 Å². The molecule has 3 atom stereocenters. The lowest BCUT2D eigenvalue weighted by Crippen LogP contribution is -2.25. The maximum atomic E-state index is 13.6. The molecule has 4 heteroatoms. The van der Waals surface area contributed by atoms with Crippen molar-refractivity contribution < 1.29 is 13.9 Å². The normalized spacial score (nSPS) is 31.8. The summed E-state index contributed by atoms with van der Waals surface area (Å²) in [5.74, 6) is -0.171. The summed E-state index contributed by atoms with van der Waals surface area (Å²) in [6.45, 7) is 1.90. The van der Waals surface area contributed by atoms with E-state index in [1.807, 2.05) is 0 Å². The van der Waals surface area contributed by atoms with Crippen molar-refractivity contribution in [3.8, 4) is 0 Å². The fourth-order valence-electron chi connectivity index (χ4n) is 3.37. The van der Waals surface area contributed by atoms with E-state index in [9.17, 15) is 13.9 Å². The number of aliphatic hydroxyl groups is 1. The van der Waals surface area contributed by atoms with Crippen molar-refractivity contribution in [3.05, 3.63) is 35.4 Å². The molecule has 1 N–H and O–H groups in total. The summed E-state index contributed by atoms with van der Waals surface area (Å²) in [6, 6.07) is 3.98. The first-order valence-electron chi connectivity index (χ1n) is 6.48. The molecule has 1 aromatic rings. The molecule has 1 aliphatic carbocycles. The van der Waals surface area contributed by atoms with Gasteiger partial charge in [-0.1, -0.05) is 6.07 Å². The zero-order chi connectivity index (χ0) is 12.7. The molecule has 0 amide bonds. The van der Waals surface area contributed by atoms with Crippen molar-refractivity contribution in [1.82, 2.24) is 4.90 Å².